The van der Waals surface area contributed by atoms with Gasteiger partial charge in [-0.3, -0.25) is 9.89 Å². The summed E-state index contributed by atoms with van der Waals surface area (Å²) < 4.78 is 5.37. The maximum Gasteiger partial charge on any atom is 0.256 e. The number of H-pyrrole nitrogens is 1. The van der Waals surface area contributed by atoms with Gasteiger partial charge in [-0.25, -0.2) is 0 Å². The molecule has 4 aromatic rings. The van der Waals surface area contributed by atoms with Gasteiger partial charge in [-0.2, -0.15) is 5.10 Å². The number of nitrogens with zero attached hydrogens (tertiary/aromatic N) is 2. The number of benzene rings is 2. The fraction of sp³-hybridized carbons (Fsp3) is 0.0500. The lowest BCUT2D eigenvalue weighted by Crippen LogP contribution is -2.11. The van der Waals surface area contributed by atoms with Gasteiger partial charge >= 0.3 is 0 Å². The van der Waals surface area contributed by atoms with Crippen LogP contribution in [0.5, 0.6) is 0 Å². The molecule has 0 aliphatic rings. The van der Waals surface area contributed by atoms with Crippen LogP contribution in [0.25, 0.3) is 22.5 Å². The van der Waals surface area contributed by atoms with E-state index in [1.165, 1.54) is 0 Å². The van der Waals surface area contributed by atoms with Gasteiger partial charge in [0.15, 0.2) is 0 Å². The molecule has 0 atom stereocenters. The van der Waals surface area contributed by atoms with Crippen LogP contribution in [0.4, 0.5) is 5.82 Å². The molecule has 26 heavy (non-hydrogen) atoms. The largest absolute Gasteiger partial charge is 0.360 e. The van der Waals surface area contributed by atoms with Gasteiger partial charge in [0.25, 0.3) is 5.91 Å². The van der Waals surface area contributed by atoms with Crippen molar-refractivity contribution in [3.05, 3.63) is 78.1 Å². The lowest BCUT2D eigenvalue weighted by molar-refractivity contribution is 0.102. The average molecular weight is 344 g/mol. The van der Waals surface area contributed by atoms with Gasteiger partial charge in [0.2, 0.25) is 0 Å². The van der Waals surface area contributed by atoms with E-state index in [2.05, 4.69) is 20.7 Å². The number of aromatic nitrogens is 3. The Hall–Kier alpha value is -3.67. The fourth-order valence-electron chi connectivity index (χ4n) is 2.76. The first-order valence-electron chi connectivity index (χ1n) is 8.16. The third-order valence-electron chi connectivity index (χ3n) is 4.03. The Morgan fingerprint density at radius 3 is 2.46 bits per heavy atom. The second-order valence-electron chi connectivity index (χ2n) is 5.82. The number of anilines is 1. The zero-order chi connectivity index (χ0) is 17.9. The number of hydrogen-bond acceptors (Lipinski definition) is 4. The van der Waals surface area contributed by atoms with E-state index in [1.54, 1.807) is 18.2 Å². The Morgan fingerprint density at radius 1 is 1.04 bits per heavy atom. The fourth-order valence-corrected chi connectivity index (χ4v) is 2.76. The van der Waals surface area contributed by atoms with E-state index in [0.29, 0.717) is 22.8 Å². The molecule has 128 valence electrons. The van der Waals surface area contributed by atoms with E-state index >= 15 is 0 Å². The summed E-state index contributed by atoms with van der Waals surface area (Å²) in [7, 11) is 0. The highest BCUT2D eigenvalue weighted by atomic mass is 16.5. The number of aryl methyl sites for hydroxylation is 1. The van der Waals surface area contributed by atoms with Gasteiger partial charge in [-0.05, 0) is 19.1 Å². The van der Waals surface area contributed by atoms with Crippen molar-refractivity contribution in [3.8, 4) is 22.5 Å². The highest BCUT2D eigenvalue weighted by Gasteiger charge is 2.19. The summed E-state index contributed by atoms with van der Waals surface area (Å²) >= 11 is 0. The van der Waals surface area contributed by atoms with Crippen molar-refractivity contribution in [1.82, 2.24) is 15.4 Å². The lowest BCUT2D eigenvalue weighted by Gasteiger charge is -2.01. The molecule has 0 aliphatic heterocycles. The molecule has 0 fully saturated rings. The summed E-state index contributed by atoms with van der Waals surface area (Å²) in [5.41, 5.74) is 3.70. The molecule has 0 saturated heterocycles. The third kappa shape index (κ3) is 3.00. The molecular weight excluding hydrogens is 328 g/mol. The Morgan fingerprint density at radius 2 is 1.73 bits per heavy atom. The number of rotatable bonds is 4. The standard InChI is InChI=1S/C20H16N4O2/c1-13-18(19(24-26-13)14-8-4-2-5-9-14)16-12-17(23-22-16)21-20(25)15-10-6-3-7-11-15/h2-12H,1H3,(H2,21,22,23,25). The Bertz CT molecular complexity index is 1040. The molecule has 4 rings (SSSR count). The van der Waals surface area contributed by atoms with Crippen molar-refractivity contribution in [2.24, 2.45) is 0 Å². The summed E-state index contributed by atoms with van der Waals surface area (Å²) in [5.74, 6) is 0.968. The first-order chi connectivity index (χ1) is 12.7. The number of carbonyl (C=O) groups is 1. The molecule has 2 aromatic heterocycles. The van der Waals surface area contributed by atoms with Gasteiger partial charge in [0.05, 0.1) is 5.56 Å². The average Bonchev–Trinajstić information content (AvgIpc) is 3.29. The summed E-state index contributed by atoms with van der Waals surface area (Å²) in [4.78, 5) is 12.3. The number of nitrogens with one attached hydrogen (secondary N) is 2. The number of carbonyl (C=O) groups excluding carboxylic acids is 1. The van der Waals surface area contributed by atoms with E-state index in [9.17, 15) is 4.79 Å². The van der Waals surface area contributed by atoms with E-state index in [-0.39, 0.29) is 5.91 Å². The zero-order valence-electron chi connectivity index (χ0n) is 14.1. The molecule has 0 radical (unpaired) electrons. The second kappa shape index (κ2) is 6.68. The minimum atomic E-state index is -0.203. The quantitative estimate of drug-likeness (QED) is 0.578. The molecule has 0 saturated carbocycles. The molecule has 2 heterocycles. The van der Waals surface area contributed by atoms with Crippen LogP contribution in [0.1, 0.15) is 16.1 Å². The molecule has 0 spiro atoms. The van der Waals surface area contributed by atoms with Crippen LogP contribution >= 0.6 is 0 Å². The van der Waals surface area contributed by atoms with Crippen LogP contribution in [0.15, 0.2) is 71.3 Å². The predicted molar refractivity (Wildman–Crippen MR) is 98.7 cm³/mol. The van der Waals surface area contributed by atoms with Crippen molar-refractivity contribution < 1.29 is 9.32 Å². The molecule has 6 heteroatoms. The van der Waals surface area contributed by atoms with Crippen molar-refractivity contribution in [2.75, 3.05) is 5.32 Å². The lowest BCUT2D eigenvalue weighted by atomic mass is 10.0. The smallest absolute Gasteiger partial charge is 0.256 e. The molecular formula is C20H16N4O2. The summed E-state index contributed by atoms with van der Waals surface area (Å²) in [6, 6.07) is 20.5. The van der Waals surface area contributed by atoms with Gasteiger partial charge < -0.3 is 9.84 Å². The van der Waals surface area contributed by atoms with E-state index in [1.807, 2.05) is 55.5 Å². The first-order valence-corrected chi connectivity index (χ1v) is 8.16. The summed E-state index contributed by atoms with van der Waals surface area (Å²) in [6.45, 7) is 1.84. The third-order valence-corrected chi connectivity index (χ3v) is 4.03. The maximum atomic E-state index is 12.3. The van der Waals surface area contributed by atoms with Gasteiger partial charge in [-0.15, -0.1) is 0 Å². The van der Waals surface area contributed by atoms with Crippen LogP contribution in [-0.4, -0.2) is 21.3 Å². The minimum absolute atomic E-state index is 0.203. The van der Waals surface area contributed by atoms with Crippen molar-refractivity contribution >= 4 is 11.7 Å². The topological polar surface area (TPSA) is 83.8 Å². The van der Waals surface area contributed by atoms with E-state index in [0.717, 1.165) is 16.8 Å². The summed E-state index contributed by atoms with van der Waals surface area (Å²) in [6.07, 6.45) is 0. The molecule has 2 aromatic carbocycles. The molecule has 0 bridgehead atoms. The number of amides is 1. The van der Waals surface area contributed by atoms with Gasteiger partial charge in [0.1, 0.15) is 23.0 Å². The van der Waals surface area contributed by atoms with E-state index in [4.69, 9.17) is 4.52 Å². The predicted octanol–water partition coefficient (Wildman–Crippen LogP) is 4.29. The molecule has 0 unspecified atom stereocenters. The maximum absolute atomic E-state index is 12.3. The van der Waals surface area contributed by atoms with Gasteiger partial charge in [-0.1, -0.05) is 53.7 Å². The Balaban J connectivity index is 1.63. The van der Waals surface area contributed by atoms with E-state index < -0.39 is 0 Å². The van der Waals surface area contributed by atoms with Crippen molar-refractivity contribution in [1.29, 1.82) is 0 Å². The second-order valence-corrected chi connectivity index (χ2v) is 5.82. The first kappa shape index (κ1) is 15.8. The highest BCUT2D eigenvalue weighted by Crippen LogP contribution is 2.33. The molecule has 0 aliphatic carbocycles. The molecule has 2 N–H and O–H groups in total. The Labute approximate surface area is 149 Å². The van der Waals surface area contributed by atoms with Crippen molar-refractivity contribution in [2.45, 2.75) is 6.92 Å². The number of aromatic amines is 1. The van der Waals surface area contributed by atoms with Gasteiger partial charge in [0, 0.05) is 17.2 Å². The SMILES string of the molecule is Cc1onc(-c2ccccc2)c1-c1cc(NC(=O)c2ccccc2)[nH]n1. The van der Waals surface area contributed by atoms with Crippen LogP contribution in [0, 0.1) is 6.92 Å². The minimum Gasteiger partial charge on any atom is -0.360 e. The normalized spacial score (nSPS) is 10.7. The van der Waals surface area contributed by atoms with Crippen LogP contribution in [-0.2, 0) is 0 Å². The van der Waals surface area contributed by atoms with Crippen molar-refractivity contribution in [3.63, 3.8) is 0 Å². The van der Waals surface area contributed by atoms with Crippen LogP contribution in [0.3, 0.4) is 0 Å². The highest BCUT2D eigenvalue weighted by molar-refractivity contribution is 6.04. The molecule has 1 amide bonds. The van der Waals surface area contributed by atoms with Crippen LogP contribution in [0.2, 0.25) is 0 Å². The zero-order valence-corrected chi connectivity index (χ0v) is 14.1. The molecule has 6 nitrogen and oxygen atoms in total. The van der Waals surface area contributed by atoms with Crippen LogP contribution < -0.4 is 5.32 Å². The summed E-state index contributed by atoms with van der Waals surface area (Å²) in [5, 5.41) is 14.1. The Kier molecular flexibility index (Phi) is 4.07. The monoisotopic (exact) mass is 344 g/mol. The number of hydrogen-bond donors (Lipinski definition) is 2.